The van der Waals surface area contributed by atoms with Crippen molar-refractivity contribution in [3.63, 3.8) is 0 Å². The van der Waals surface area contributed by atoms with Crippen molar-refractivity contribution in [2.24, 2.45) is 0 Å². The van der Waals surface area contributed by atoms with Crippen molar-refractivity contribution in [3.05, 3.63) is 0 Å². The van der Waals surface area contributed by atoms with Crippen molar-refractivity contribution in [3.8, 4) is 0 Å². The Morgan fingerprint density at radius 3 is 1.55 bits per heavy atom. The normalized spacial score (nSPS) is 9.90. The molecule has 0 spiro atoms. The standard InChI is InChI=1S/C16H30O3.Na.H/c1-3-4-5-6-7-8-9-10-11-12-13-14-16(18)19-15(2)17;;/h3-14H2,1-2H3;;. The quantitative estimate of drug-likeness (QED) is 0.235. The van der Waals surface area contributed by atoms with E-state index in [1.54, 1.807) is 0 Å². The van der Waals surface area contributed by atoms with Crippen molar-refractivity contribution in [1.82, 2.24) is 0 Å². The van der Waals surface area contributed by atoms with E-state index in [0.29, 0.717) is 6.42 Å². The number of hydrogen-bond acceptors (Lipinski definition) is 3. The van der Waals surface area contributed by atoms with Gasteiger partial charge in [0.2, 0.25) is 0 Å². The maximum absolute atomic E-state index is 11.1. The third-order valence-corrected chi connectivity index (χ3v) is 3.24. The summed E-state index contributed by atoms with van der Waals surface area (Å²) in [6.45, 7) is 3.50. The van der Waals surface area contributed by atoms with Gasteiger partial charge in [-0.2, -0.15) is 0 Å². The monoisotopic (exact) mass is 294 g/mol. The minimum absolute atomic E-state index is 0. The van der Waals surface area contributed by atoms with E-state index >= 15 is 0 Å². The van der Waals surface area contributed by atoms with Gasteiger partial charge in [0, 0.05) is 13.3 Å². The van der Waals surface area contributed by atoms with E-state index in [0.717, 1.165) is 12.8 Å². The van der Waals surface area contributed by atoms with Crippen molar-refractivity contribution in [1.29, 1.82) is 0 Å². The molecule has 0 aliphatic carbocycles. The molecule has 0 aromatic heterocycles. The van der Waals surface area contributed by atoms with Gasteiger partial charge in [0.1, 0.15) is 0 Å². The van der Waals surface area contributed by atoms with E-state index in [1.165, 1.54) is 64.7 Å². The number of ether oxygens (including phenoxy) is 1. The summed E-state index contributed by atoms with van der Waals surface area (Å²) >= 11 is 0. The van der Waals surface area contributed by atoms with E-state index in [4.69, 9.17) is 0 Å². The zero-order valence-electron chi connectivity index (χ0n) is 12.7. The van der Waals surface area contributed by atoms with E-state index in [-0.39, 0.29) is 35.5 Å². The molecule has 0 saturated heterocycles. The van der Waals surface area contributed by atoms with Crippen LogP contribution in [0.2, 0.25) is 0 Å². The van der Waals surface area contributed by atoms with Gasteiger partial charge in [-0.05, 0) is 6.42 Å². The van der Waals surface area contributed by atoms with E-state index < -0.39 is 5.97 Å². The van der Waals surface area contributed by atoms with E-state index in [9.17, 15) is 9.59 Å². The summed E-state index contributed by atoms with van der Waals surface area (Å²) < 4.78 is 4.46. The molecule has 0 unspecified atom stereocenters. The van der Waals surface area contributed by atoms with Crippen LogP contribution in [-0.4, -0.2) is 41.5 Å². The molecule has 0 aliphatic heterocycles. The average Bonchev–Trinajstić information content (AvgIpc) is 2.35. The first-order chi connectivity index (χ1) is 9.16. The van der Waals surface area contributed by atoms with Crippen molar-refractivity contribution >= 4 is 41.5 Å². The number of hydrogen-bond donors (Lipinski definition) is 0. The predicted molar refractivity (Wildman–Crippen MR) is 85.0 cm³/mol. The van der Waals surface area contributed by atoms with Gasteiger partial charge in [-0.15, -0.1) is 0 Å². The number of unbranched alkanes of at least 4 members (excludes halogenated alkanes) is 10. The molecule has 0 heterocycles. The summed E-state index contributed by atoms with van der Waals surface area (Å²) in [4.78, 5) is 21.6. The number of esters is 2. The molecular formula is C16H31NaO3. The van der Waals surface area contributed by atoms with Gasteiger partial charge in [0.05, 0.1) is 0 Å². The first kappa shape index (κ1) is 22.4. The predicted octanol–water partition coefficient (Wildman–Crippen LogP) is 4.13. The van der Waals surface area contributed by atoms with Gasteiger partial charge in [0.15, 0.2) is 0 Å². The molecule has 4 heteroatoms. The zero-order chi connectivity index (χ0) is 14.3. The molecule has 0 aromatic rings. The Labute approximate surface area is 146 Å². The molecule has 114 valence electrons. The van der Waals surface area contributed by atoms with Crippen LogP contribution in [0.25, 0.3) is 0 Å². The van der Waals surface area contributed by atoms with Crippen LogP contribution in [0, 0.1) is 0 Å². The molecule has 0 aromatic carbocycles. The molecule has 0 bridgehead atoms. The second-order valence-electron chi connectivity index (χ2n) is 5.25. The summed E-state index contributed by atoms with van der Waals surface area (Å²) in [5.41, 5.74) is 0. The molecule has 3 nitrogen and oxygen atoms in total. The van der Waals surface area contributed by atoms with Gasteiger partial charge in [-0.1, -0.05) is 71.1 Å². The fourth-order valence-corrected chi connectivity index (χ4v) is 2.14. The zero-order valence-corrected chi connectivity index (χ0v) is 12.7. The SMILES string of the molecule is CCCCCCCCCCCCCC(=O)OC(C)=O.[NaH]. The molecule has 20 heavy (non-hydrogen) atoms. The van der Waals surface area contributed by atoms with Gasteiger partial charge >= 0.3 is 41.5 Å². The molecule has 0 radical (unpaired) electrons. The van der Waals surface area contributed by atoms with Crippen LogP contribution in [0.4, 0.5) is 0 Å². The molecule has 0 aliphatic rings. The van der Waals surface area contributed by atoms with Gasteiger partial charge < -0.3 is 4.74 Å². The number of carbonyl (C=O) groups excluding carboxylic acids is 2. The molecule has 0 amide bonds. The first-order valence-electron chi connectivity index (χ1n) is 7.88. The Morgan fingerprint density at radius 2 is 1.15 bits per heavy atom. The topological polar surface area (TPSA) is 43.4 Å². The van der Waals surface area contributed by atoms with Crippen LogP contribution < -0.4 is 0 Å². The van der Waals surface area contributed by atoms with E-state index in [2.05, 4.69) is 11.7 Å². The van der Waals surface area contributed by atoms with Crippen LogP contribution in [-0.2, 0) is 14.3 Å². The second kappa shape index (κ2) is 17.2. The molecule has 0 atom stereocenters. The second-order valence-corrected chi connectivity index (χ2v) is 5.25. The van der Waals surface area contributed by atoms with Crippen molar-refractivity contribution in [2.75, 3.05) is 0 Å². The van der Waals surface area contributed by atoms with Gasteiger partial charge in [-0.25, -0.2) is 0 Å². The Balaban J connectivity index is 0. The maximum atomic E-state index is 11.1. The van der Waals surface area contributed by atoms with Crippen LogP contribution in [0.15, 0.2) is 0 Å². The molecule has 0 saturated carbocycles. The molecule has 0 fully saturated rings. The number of carbonyl (C=O) groups is 2. The Kier molecular flexibility index (Phi) is 19.3. The minimum atomic E-state index is -0.506. The Morgan fingerprint density at radius 1 is 0.750 bits per heavy atom. The third kappa shape index (κ3) is 18.1. The summed E-state index contributed by atoms with van der Waals surface area (Å²) in [7, 11) is 0. The van der Waals surface area contributed by atoms with Gasteiger partial charge in [-0.3, -0.25) is 9.59 Å². The fraction of sp³-hybridized carbons (Fsp3) is 0.875. The van der Waals surface area contributed by atoms with Crippen molar-refractivity contribution < 1.29 is 14.3 Å². The van der Waals surface area contributed by atoms with Crippen LogP contribution >= 0.6 is 0 Å². The Hall–Kier alpha value is 0.140. The van der Waals surface area contributed by atoms with Crippen molar-refractivity contribution in [2.45, 2.75) is 90.9 Å². The Bertz CT molecular complexity index is 242. The molecule has 0 rings (SSSR count). The summed E-state index contributed by atoms with van der Waals surface area (Å²) in [5.74, 6) is -0.892. The van der Waals surface area contributed by atoms with Crippen LogP contribution in [0.1, 0.15) is 90.9 Å². The number of rotatable bonds is 12. The first-order valence-corrected chi connectivity index (χ1v) is 7.88. The average molecular weight is 294 g/mol. The van der Waals surface area contributed by atoms with Crippen LogP contribution in [0.3, 0.4) is 0 Å². The fourth-order valence-electron chi connectivity index (χ4n) is 2.14. The third-order valence-electron chi connectivity index (χ3n) is 3.24. The van der Waals surface area contributed by atoms with E-state index in [1.807, 2.05) is 0 Å². The van der Waals surface area contributed by atoms with Gasteiger partial charge in [0.25, 0.3) is 0 Å². The summed E-state index contributed by atoms with van der Waals surface area (Å²) in [5, 5.41) is 0. The molecular weight excluding hydrogens is 263 g/mol. The summed E-state index contributed by atoms with van der Waals surface area (Å²) in [6.07, 6.45) is 14.2. The summed E-state index contributed by atoms with van der Waals surface area (Å²) in [6, 6.07) is 0. The molecule has 0 N–H and O–H groups in total. The van der Waals surface area contributed by atoms with Crippen LogP contribution in [0.5, 0.6) is 0 Å².